The molecule has 6 heteroatoms. The van der Waals surface area contributed by atoms with Gasteiger partial charge in [-0.1, -0.05) is 18.2 Å². The van der Waals surface area contributed by atoms with E-state index in [9.17, 15) is 9.59 Å². The van der Waals surface area contributed by atoms with Crippen LogP contribution in [0.3, 0.4) is 0 Å². The van der Waals surface area contributed by atoms with Gasteiger partial charge in [0.1, 0.15) is 12.3 Å². The number of anilines is 1. The number of fused-ring (bicyclic) bond motifs is 1. The monoisotopic (exact) mass is 261 g/mol. The van der Waals surface area contributed by atoms with E-state index in [1.54, 1.807) is 11.6 Å². The van der Waals surface area contributed by atoms with E-state index < -0.39 is 5.91 Å². The molecule has 0 bridgehead atoms. The van der Waals surface area contributed by atoms with Crippen LogP contribution in [-0.4, -0.2) is 30.1 Å². The zero-order valence-corrected chi connectivity index (χ0v) is 10.8. The van der Waals surface area contributed by atoms with Gasteiger partial charge in [0.05, 0.1) is 11.2 Å². The number of hydrogen-bond acceptors (Lipinski definition) is 3. The number of primary amides is 1. The van der Waals surface area contributed by atoms with E-state index in [2.05, 4.69) is 5.32 Å². The fourth-order valence-corrected chi connectivity index (χ4v) is 2.11. The van der Waals surface area contributed by atoms with Crippen molar-refractivity contribution in [1.82, 2.24) is 4.57 Å². The van der Waals surface area contributed by atoms with Crippen LogP contribution in [0.1, 0.15) is 10.5 Å². The summed E-state index contributed by atoms with van der Waals surface area (Å²) in [7, 11) is 3.16. The standard InChI is InChI=1S/C13H15N3O3/c1-16-9-6-4-3-5-8(9)11(12(16)13(14)18)15-10(17)7-19-2/h3-6H,7H2,1-2H3,(H2,14,18)(H,15,17). The van der Waals surface area contributed by atoms with E-state index in [0.717, 1.165) is 10.9 Å². The largest absolute Gasteiger partial charge is 0.375 e. The van der Waals surface area contributed by atoms with Gasteiger partial charge in [-0.15, -0.1) is 0 Å². The Morgan fingerprint density at radius 1 is 1.37 bits per heavy atom. The van der Waals surface area contributed by atoms with E-state index in [-0.39, 0.29) is 18.2 Å². The van der Waals surface area contributed by atoms with Gasteiger partial charge in [0.2, 0.25) is 5.91 Å². The third-order valence-corrected chi connectivity index (χ3v) is 2.88. The Hall–Kier alpha value is -2.34. The first kappa shape index (κ1) is 13.1. The van der Waals surface area contributed by atoms with Crippen molar-refractivity contribution in [2.45, 2.75) is 0 Å². The number of amides is 2. The first-order chi connectivity index (χ1) is 9.06. The predicted octanol–water partition coefficient (Wildman–Crippen LogP) is 0.862. The van der Waals surface area contributed by atoms with Crippen LogP contribution < -0.4 is 11.1 Å². The molecule has 2 aromatic rings. The highest BCUT2D eigenvalue weighted by Gasteiger charge is 2.20. The number of ether oxygens (including phenoxy) is 1. The maximum atomic E-state index is 11.6. The molecule has 0 radical (unpaired) electrons. The molecule has 1 heterocycles. The Bertz CT molecular complexity index is 646. The Balaban J connectivity index is 2.59. The number of rotatable bonds is 4. The summed E-state index contributed by atoms with van der Waals surface area (Å²) >= 11 is 0. The lowest BCUT2D eigenvalue weighted by Crippen LogP contribution is -2.22. The zero-order valence-electron chi connectivity index (χ0n) is 10.8. The summed E-state index contributed by atoms with van der Waals surface area (Å²) in [5, 5.41) is 3.44. The third-order valence-electron chi connectivity index (χ3n) is 2.88. The Morgan fingerprint density at radius 2 is 2.05 bits per heavy atom. The Kier molecular flexibility index (Phi) is 3.52. The summed E-state index contributed by atoms with van der Waals surface area (Å²) in [6.45, 7) is -0.0819. The van der Waals surface area contributed by atoms with Crippen LogP contribution in [0.5, 0.6) is 0 Å². The number of benzene rings is 1. The van der Waals surface area contributed by atoms with E-state index in [0.29, 0.717) is 5.69 Å². The van der Waals surface area contributed by atoms with Gasteiger partial charge in [0, 0.05) is 19.5 Å². The number of carbonyl (C=O) groups excluding carboxylic acids is 2. The molecule has 0 aliphatic heterocycles. The molecule has 100 valence electrons. The molecule has 0 spiro atoms. The van der Waals surface area contributed by atoms with Crippen molar-refractivity contribution >= 4 is 28.4 Å². The topological polar surface area (TPSA) is 86.3 Å². The highest BCUT2D eigenvalue weighted by molar-refractivity contribution is 6.12. The van der Waals surface area contributed by atoms with Gasteiger partial charge in [-0.3, -0.25) is 9.59 Å². The Labute approximate surface area is 110 Å². The number of carbonyl (C=O) groups is 2. The quantitative estimate of drug-likeness (QED) is 0.855. The molecule has 0 unspecified atom stereocenters. The van der Waals surface area contributed by atoms with Crippen molar-refractivity contribution in [2.75, 3.05) is 19.0 Å². The van der Waals surface area contributed by atoms with Crippen molar-refractivity contribution in [1.29, 1.82) is 0 Å². The normalized spacial score (nSPS) is 10.6. The lowest BCUT2D eigenvalue weighted by atomic mass is 10.2. The van der Waals surface area contributed by atoms with Crippen molar-refractivity contribution in [2.24, 2.45) is 12.8 Å². The highest BCUT2D eigenvalue weighted by atomic mass is 16.5. The molecule has 1 aromatic heterocycles. The molecule has 0 fully saturated rings. The zero-order chi connectivity index (χ0) is 14.0. The summed E-state index contributed by atoms with van der Waals surface area (Å²) < 4.78 is 6.43. The average molecular weight is 261 g/mol. The summed E-state index contributed by atoms with van der Waals surface area (Å²) in [5.74, 6) is -0.923. The molecule has 2 amide bonds. The summed E-state index contributed by atoms with van der Waals surface area (Å²) in [5.41, 5.74) is 6.90. The van der Waals surface area contributed by atoms with Crippen LogP contribution in [0, 0.1) is 0 Å². The van der Waals surface area contributed by atoms with Crippen LogP contribution in [0.2, 0.25) is 0 Å². The summed E-state index contributed by atoms with van der Waals surface area (Å²) in [4.78, 5) is 23.2. The maximum absolute atomic E-state index is 11.6. The lowest BCUT2D eigenvalue weighted by molar-refractivity contribution is -0.119. The van der Waals surface area contributed by atoms with E-state index >= 15 is 0 Å². The van der Waals surface area contributed by atoms with Crippen LogP contribution in [-0.2, 0) is 16.6 Å². The molecule has 3 N–H and O–H groups in total. The predicted molar refractivity (Wildman–Crippen MR) is 71.9 cm³/mol. The van der Waals surface area contributed by atoms with Gasteiger partial charge in [-0.25, -0.2) is 0 Å². The molecule has 0 aliphatic rings. The van der Waals surface area contributed by atoms with Crippen LogP contribution in [0.4, 0.5) is 5.69 Å². The van der Waals surface area contributed by atoms with Crippen molar-refractivity contribution in [3.05, 3.63) is 30.0 Å². The first-order valence-electron chi connectivity index (χ1n) is 5.72. The van der Waals surface area contributed by atoms with Crippen molar-refractivity contribution < 1.29 is 14.3 Å². The minimum atomic E-state index is -0.591. The summed E-state index contributed by atoms with van der Waals surface area (Å²) in [6, 6.07) is 7.37. The first-order valence-corrected chi connectivity index (χ1v) is 5.72. The van der Waals surface area contributed by atoms with Crippen molar-refractivity contribution in [3.8, 4) is 0 Å². The number of methoxy groups -OCH3 is 1. The molecule has 19 heavy (non-hydrogen) atoms. The molecular weight excluding hydrogens is 246 g/mol. The number of nitrogens with two attached hydrogens (primary N) is 1. The molecule has 1 aromatic carbocycles. The van der Waals surface area contributed by atoms with Gasteiger partial charge < -0.3 is 20.4 Å². The second-order valence-electron chi connectivity index (χ2n) is 4.15. The average Bonchev–Trinajstić information content (AvgIpc) is 2.64. The van der Waals surface area contributed by atoms with Gasteiger partial charge in [0.15, 0.2) is 0 Å². The number of nitrogens with zero attached hydrogens (tertiary/aromatic N) is 1. The van der Waals surface area contributed by atoms with Crippen molar-refractivity contribution in [3.63, 3.8) is 0 Å². The van der Waals surface area contributed by atoms with Crippen LogP contribution in [0.15, 0.2) is 24.3 Å². The highest BCUT2D eigenvalue weighted by Crippen LogP contribution is 2.29. The lowest BCUT2D eigenvalue weighted by Gasteiger charge is -2.06. The number of aromatic nitrogens is 1. The van der Waals surface area contributed by atoms with Gasteiger partial charge in [-0.2, -0.15) is 0 Å². The molecule has 0 aliphatic carbocycles. The third kappa shape index (κ3) is 2.30. The van der Waals surface area contributed by atoms with Gasteiger partial charge in [0.25, 0.3) is 5.91 Å². The number of para-hydroxylation sites is 1. The Morgan fingerprint density at radius 3 is 2.68 bits per heavy atom. The van der Waals surface area contributed by atoms with Gasteiger partial charge >= 0.3 is 0 Å². The van der Waals surface area contributed by atoms with Crippen LogP contribution >= 0.6 is 0 Å². The SMILES string of the molecule is COCC(=O)Nc1c(C(N)=O)n(C)c2ccccc12. The summed E-state index contributed by atoms with van der Waals surface area (Å²) in [6.07, 6.45) is 0. The number of aryl methyl sites for hydroxylation is 1. The molecular formula is C13H15N3O3. The van der Waals surface area contributed by atoms with E-state index in [1.807, 2.05) is 24.3 Å². The fourth-order valence-electron chi connectivity index (χ4n) is 2.11. The second-order valence-corrected chi connectivity index (χ2v) is 4.15. The smallest absolute Gasteiger partial charge is 0.267 e. The molecule has 0 atom stereocenters. The van der Waals surface area contributed by atoms with Gasteiger partial charge in [-0.05, 0) is 6.07 Å². The molecule has 6 nitrogen and oxygen atoms in total. The second kappa shape index (κ2) is 5.11. The van der Waals surface area contributed by atoms with E-state index in [4.69, 9.17) is 10.5 Å². The number of nitrogens with one attached hydrogen (secondary N) is 1. The van der Waals surface area contributed by atoms with Crippen LogP contribution in [0.25, 0.3) is 10.9 Å². The fraction of sp³-hybridized carbons (Fsp3) is 0.231. The molecule has 0 saturated carbocycles. The molecule has 2 rings (SSSR count). The molecule has 0 saturated heterocycles. The van der Waals surface area contributed by atoms with E-state index in [1.165, 1.54) is 7.11 Å². The maximum Gasteiger partial charge on any atom is 0.267 e. The number of hydrogen-bond donors (Lipinski definition) is 2. The minimum absolute atomic E-state index is 0.0819. The minimum Gasteiger partial charge on any atom is -0.375 e.